The van der Waals surface area contributed by atoms with Gasteiger partial charge in [0, 0.05) is 59.6 Å². The number of carbonyl (C=O) groups excluding carboxylic acids is 1. The van der Waals surface area contributed by atoms with Gasteiger partial charge < -0.3 is 14.6 Å². The van der Waals surface area contributed by atoms with Crippen LogP contribution in [-0.4, -0.2) is 43.2 Å². The second kappa shape index (κ2) is 8.35. The van der Waals surface area contributed by atoms with Gasteiger partial charge in [-0.1, -0.05) is 0 Å². The summed E-state index contributed by atoms with van der Waals surface area (Å²) in [5.41, 5.74) is 5.38. The quantitative estimate of drug-likeness (QED) is 0.484. The van der Waals surface area contributed by atoms with Crippen molar-refractivity contribution >= 4 is 33.7 Å². The molecule has 0 radical (unpaired) electrons. The summed E-state index contributed by atoms with van der Waals surface area (Å²) in [4.78, 5) is 30.1. The predicted molar refractivity (Wildman–Crippen MR) is 127 cm³/mol. The summed E-state index contributed by atoms with van der Waals surface area (Å²) in [7, 11) is 0. The van der Waals surface area contributed by atoms with Gasteiger partial charge >= 0.3 is 0 Å². The fourth-order valence-corrected chi connectivity index (χ4v) is 4.95. The van der Waals surface area contributed by atoms with E-state index in [9.17, 15) is 4.79 Å². The summed E-state index contributed by atoms with van der Waals surface area (Å²) in [5, 5.41) is 4.27. The van der Waals surface area contributed by atoms with Crippen LogP contribution in [0.4, 0.5) is 10.8 Å². The Morgan fingerprint density at radius 2 is 2.06 bits per heavy atom. The van der Waals surface area contributed by atoms with Crippen LogP contribution < -0.4 is 5.32 Å². The van der Waals surface area contributed by atoms with Crippen LogP contribution in [0.15, 0.2) is 42.9 Å². The number of likely N-dealkylation sites (tertiary alicyclic amines) is 1. The van der Waals surface area contributed by atoms with Crippen LogP contribution in [0, 0.1) is 20.8 Å². The molecule has 8 heteroatoms. The van der Waals surface area contributed by atoms with Crippen molar-refractivity contribution in [3.05, 3.63) is 70.4 Å². The van der Waals surface area contributed by atoms with Gasteiger partial charge in [0.15, 0.2) is 5.13 Å². The number of piperidine rings is 1. The summed E-state index contributed by atoms with van der Waals surface area (Å²) in [5.74, 6) is 0.186. The lowest BCUT2D eigenvalue weighted by Gasteiger charge is -2.32. The maximum atomic E-state index is 13.2. The fourth-order valence-electron chi connectivity index (χ4n) is 4.26. The molecular weight excluding hydrogens is 420 g/mol. The van der Waals surface area contributed by atoms with Crippen LogP contribution in [0.1, 0.15) is 51.1 Å². The van der Waals surface area contributed by atoms with Crippen molar-refractivity contribution in [3.8, 4) is 0 Å². The first-order chi connectivity index (χ1) is 15.4. The molecule has 164 valence electrons. The van der Waals surface area contributed by atoms with Crippen molar-refractivity contribution in [3.63, 3.8) is 0 Å². The molecule has 1 amide bonds. The highest BCUT2D eigenvalue weighted by Gasteiger charge is 2.28. The maximum absolute atomic E-state index is 13.2. The molecule has 0 saturated carbocycles. The minimum atomic E-state index is -0.0136. The fraction of sp³-hybridized carbons (Fsp3) is 0.333. The standard InChI is InChI=1S/C24H26N6OS/c1-15-6-8-29-14-21(28-22(29)9-15)23(31)30-7-4-5-18(13-30)20-11-19(10-16(2)26-20)27-24-25-12-17(3)32-24/h6,8-12,14,18H,4-5,7,13H2,1-3H3,(H,25,26,27)/t18-/m0/s1. The van der Waals surface area contributed by atoms with E-state index in [0.717, 1.165) is 52.8 Å². The first kappa shape index (κ1) is 20.6. The minimum Gasteiger partial charge on any atom is -0.337 e. The van der Waals surface area contributed by atoms with Crippen molar-refractivity contribution in [2.75, 3.05) is 18.4 Å². The van der Waals surface area contributed by atoms with Gasteiger partial charge in [-0.2, -0.15) is 0 Å². The van der Waals surface area contributed by atoms with Gasteiger partial charge in [-0.15, -0.1) is 11.3 Å². The highest BCUT2D eigenvalue weighted by molar-refractivity contribution is 7.15. The van der Waals surface area contributed by atoms with E-state index in [2.05, 4.69) is 21.4 Å². The number of anilines is 2. The highest BCUT2D eigenvalue weighted by Crippen LogP contribution is 2.30. The Hall–Kier alpha value is -3.26. The van der Waals surface area contributed by atoms with Crippen molar-refractivity contribution in [1.82, 2.24) is 24.3 Å². The Balaban J connectivity index is 1.35. The number of rotatable bonds is 4. The first-order valence-electron chi connectivity index (χ1n) is 10.9. The maximum Gasteiger partial charge on any atom is 0.274 e. The SMILES string of the molecule is Cc1ccn2cc(C(=O)N3CCC[C@H](c4cc(Nc5ncc(C)s5)cc(C)n4)C3)nc2c1. The smallest absolute Gasteiger partial charge is 0.274 e. The summed E-state index contributed by atoms with van der Waals surface area (Å²) < 4.78 is 1.90. The minimum absolute atomic E-state index is 0.0136. The summed E-state index contributed by atoms with van der Waals surface area (Å²) in [6, 6.07) is 8.13. The number of fused-ring (bicyclic) bond motifs is 1. The zero-order valence-electron chi connectivity index (χ0n) is 18.5. The monoisotopic (exact) mass is 446 g/mol. The highest BCUT2D eigenvalue weighted by atomic mass is 32.1. The van der Waals surface area contributed by atoms with Crippen LogP contribution in [0.5, 0.6) is 0 Å². The Morgan fingerprint density at radius 3 is 2.88 bits per heavy atom. The van der Waals surface area contributed by atoms with E-state index >= 15 is 0 Å². The van der Waals surface area contributed by atoms with E-state index < -0.39 is 0 Å². The third kappa shape index (κ3) is 4.23. The third-order valence-electron chi connectivity index (χ3n) is 5.81. The molecule has 1 atom stereocenters. The molecule has 0 spiro atoms. The number of nitrogens with one attached hydrogen (secondary N) is 1. The molecule has 4 aromatic heterocycles. The predicted octanol–water partition coefficient (Wildman–Crippen LogP) is 4.87. The second-order valence-electron chi connectivity index (χ2n) is 8.51. The third-order valence-corrected chi connectivity index (χ3v) is 6.64. The van der Waals surface area contributed by atoms with Gasteiger partial charge in [-0.05, 0) is 63.4 Å². The average molecular weight is 447 g/mol. The molecule has 1 fully saturated rings. The molecule has 0 aromatic carbocycles. The lowest BCUT2D eigenvalue weighted by atomic mass is 9.93. The number of pyridine rings is 2. The Kier molecular flexibility index (Phi) is 5.38. The molecule has 32 heavy (non-hydrogen) atoms. The molecule has 7 nitrogen and oxygen atoms in total. The Labute approximate surface area is 191 Å². The lowest BCUT2D eigenvalue weighted by molar-refractivity contribution is 0.0700. The number of thiazole rings is 1. The molecule has 0 unspecified atom stereocenters. The molecule has 0 aliphatic carbocycles. The lowest BCUT2D eigenvalue weighted by Crippen LogP contribution is -2.39. The van der Waals surface area contributed by atoms with E-state index in [1.807, 2.05) is 66.9 Å². The summed E-state index contributed by atoms with van der Waals surface area (Å²) in [6.07, 6.45) is 7.60. The molecule has 1 N–H and O–H groups in total. The van der Waals surface area contributed by atoms with E-state index in [-0.39, 0.29) is 11.8 Å². The number of hydrogen-bond acceptors (Lipinski definition) is 6. The van der Waals surface area contributed by atoms with Crippen LogP contribution in [0.3, 0.4) is 0 Å². The number of aryl methyl sites for hydroxylation is 3. The molecule has 4 aromatic rings. The van der Waals surface area contributed by atoms with E-state index in [1.54, 1.807) is 11.3 Å². The molecule has 5 rings (SSSR count). The number of hydrogen-bond donors (Lipinski definition) is 1. The van der Waals surface area contributed by atoms with Gasteiger partial charge in [-0.25, -0.2) is 9.97 Å². The Bertz CT molecular complexity index is 1290. The van der Waals surface area contributed by atoms with Crippen molar-refractivity contribution in [2.24, 2.45) is 0 Å². The molecule has 5 heterocycles. The van der Waals surface area contributed by atoms with Crippen LogP contribution >= 0.6 is 11.3 Å². The normalized spacial score (nSPS) is 16.5. The number of imidazole rings is 1. The van der Waals surface area contributed by atoms with Gasteiger partial charge in [-0.3, -0.25) is 9.78 Å². The average Bonchev–Trinajstić information content (AvgIpc) is 3.38. The second-order valence-corrected chi connectivity index (χ2v) is 9.74. The first-order valence-corrected chi connectivity index (χ1v) is 11.7. The number of carbonyl (C=O) groups is 1. The van der Waals surface area contributed by atoms with Gasteiger partial charge in [0.2, 0.25) is 0 Å². The zero-order valence-corrected chi connectivity index (χ0v) is 19.3. The van der Waals surface area contributed by atoms with Crippen molar-refractivity contribution in [2.45, 2.75) is 39.5 Å². The van der Waals surface area contributed by atoms with E-state index in [4.69, 9.17) is 4.98 Å². The zero-order chi connectivity index (χ0) is 22.2. The summed E-state index contributed by atoms with van der Waals surface area (Å²) in [6.45, 7) is 7.48. The Morgan fingerprint density at radius 1 is 1.19 bits per heavy atom. The van der Waals surface area contributed by atoms with Crippen LogP contribution in [-0.2, 0) is 0 Å². The van der Waals surface area contributed by atoms with E-state index in [1.165, 1.54) is 4.88 Å². The van der Waals surface area contributed by atoms with Crippen LogP contribution in [0.25, 0.3) is 5.65 Å². The van der Waals surface area contributed by atoms with Crippen molar-refractivity contribution in [1.29, 1.82) is 0 Å². The van der Waals surface area contributed by atoms with Gasteiger partial charge in [0.05, 0.1) is 0 Å². The molecule has 1 aliphatic heterocycles. The molecule has 0 bridgehead atoms. The van der Waals surface area contributed by atoms with Gasteiger partial charge in [0.1, 0.15) is 11.3 Å². The van der Waals surface area contributed by atoms with Crippen LogP contribution in [0.2, 0.25) is 0 Å². The topological polar surface area (TPSA) is 75.4 Å². The van der Waals surface area contributed by atoms with Crippen molar-refractivity contribution < 1.29 is 4.79 Å². The summed E-state index contributed by atoms with van der Waals surface area (Å²) >= 11 is 1.63. The molecule has 1 aliphatic rings. The molecular formula is C24H26N6OS. The van der Waals surface area contributed by atoms with Gasteiger partial charge in [0.25, 0.3) is 5.91 Å². The van der Waals surface area contributed by atoms with E-state index in [0.29, 0.717) is 12.2 Å². The number of aromatic nitrogens is 4. The number of amides is 1. The largest absolute Gasteiger partial charge is 0.337 e. The number of nitrogens with zero attached hydrogens (tertiary/aromatic N) is 5. The molecule has 1 saturated heterocycles.